The zero-order valence-electron chi connectivity index (χ0n) is 20.6. The number of thiocarbonyl (C=S) groups is 1. The van der Waals surface area contributed by atoms with Crippen molar-refractivity contribution in [1.82, 2.24) is 15.7 Å². The molecule has 0 aliphatic rings. The molecule has 6 nitrogen and oxygen atoms in total. The van der Waals surface area contributed by atoms with Crippen molar-refractivity contribution in [1.29, 1.82) is 0 Å². The summed E-state index contributed by atoms with van der Waals surface area (Å²) in [5.41, 5.74) is 10.8. The topological polar surface area (TPSA) is 86.3 Å². The number of nitrogens with one attached hydrogen (secondary N) is 3. The first-order valence-corrected chi connectivity index (χ1v) is 12.3. The monoisotopic (exact) mass is 534 g/mol. The second-order valence-corrected chi connectivity index (χ2v) is 8.44. The van der Waals surface area contributed by atoms with E-state index in [1.807, 2.05) is 26.0 Å². The van der Waals surface area contributed by atoms with Gasteiger partial charge < -0.3 is 10.4 Å². The van der Waals surface area contributed by atoms with Crippen molar-refractivity contribution < 1.29 is 9.90 Å². The molecule has 1 aromatic heterocycles. The molecular formula is C26H32Cl2N4O2S. The van der Waals surface area contributed by atoms with Gasteiger partial charge in [-0.2, -0.15) is 0 Å². The molecule has 0 radical (unpaired) electrons. The van der Waals surface area contributed by atoms with Gasteiger partial charge >= 0.3 is 5.97 Å². The Morgan fingerprint density at radius 3 is 2.17 bits per heavy atom. The van der Waals surface area contributed by atoms with E-state index in [9.17, 15) is 4.79 Å². The third kappa shape index (κ3) is 10.5. The number of carboxylic acids is 1. The third-order valence-corrected chi connectivity index (χ3v) is 5.67. The van der Waals surface area contributed by atoms with Gasteiger partial charge in [0.2, 0.25) is 0 Å². The van der Waals surface area contributed by atoms with Crippen LogP contribution in [0.15, 0.2) is 54.7 Å². The smallest absolute Gasteiger partial charge is 0.337 e. The van der Waals surface area contributed by atoms with Gasteiger partial charge in [-0.3, -0.25) is 10.9 Å². The van der Waals surface area contributed by atoms with Crippen molar-refractivity contribution in [3.05, 3.63) is 92.6 Å². The lowest BCUT2D eigenvalue weighted by molar-refractivity contribution is 0.0696. The van der Waals surface area contributed by atoms with E-state index in [0.29, 0.717) is 10.9 Å². The Bertz CT molecular complexity index is 1130. The summed E-state index contributed by atoms with van der Waals surface area (Å²) >= 11 is 16.6. The molecule has 1 heterocycles. The van der Waals surface area contributed by atoms with E-state index in [0.717, 1.165) is 17.9 Å². The molecule has 0 atom stereocenters. The van der Waals surface area contributed by atoms with Crippen LogP contribution in [0.3, 0.4) is 0 Å². The number of halogens is 2. The maximum absolute atomic E-state index is 10.6. The minimum atomic E-state index is -1.08. The van der Waals surface area contributed by atoms with E-state index in [4.69, 9.17) is 40.5 Å². The van der Waals surface area contributed by atoms with Crippen molar-refractivity contribution in [2.75, 3.05) is 12.5 Å². The van der Waals surface area contributed by atoms with Gasteiger partial charge in [-0.1, -0.05) is 67.4 Å². The molecule has 0 saturated carbocycles. The summed E-state index contributed by atoms with van der Waals surface area (Å²) in [6, 6.07) is 16.0. The highest BCUT2D eigenvalue weighted by Crippen LogP contribution is 2.19. The number of hydrazine groups is 1. The van der Waals surface area contributed by atoms with E-state index in [1.165, 1.54) is 34.5 Å². The SMILES string of the molecule is CC.CNC(=S)NNc1ncc(C(=O)O)cc1Cl.Cc1ccccc1CCc1ccc(Cl)cc1C. The Hall–Kier alpha value is -2.87. The van der Waals surface area contributed by atoms with Gasteiger partial charge in [-0.15, -0.1) is 0 Å². The van der Waals surface area contributed by atoms with E-state index >= 15 is 0 Å². The molecule has 0 aliphatic heterocycles. The predicted octanol–water partition coefficient (Wildman–Crippen LogP) is 6.62. The van der Waals surface area contributed by atoms with Crippen LogP contribution in [0, 0.1) is 13.8 Å². The Labute approximate surface area is 223 Å². The number of nitrogens with zero attached hydrogens (tertiary/aromatic N) is 1. The zero-order valence-corrected chi connectivity index (χ0v) is 22.9. The van der Waals surface area contributed by atoms with Crippen molar-refractivity contribution in [3.8, 4) is 0 Å². The molecule has 0 unspecified atom stereocenters. The second-order valence-electron chi connectivity index (χ2n) is 7.19. The maximum atomic E-state index is 10.6. The minimum Gasteiger partial charge on any atom is -0.478 e. The lowest BCUT2D eigenvalue weighted by Gasteiger charge is -2.10. The van der Waals surface area contributed by atoms with E-state index in [1.54, 1.807) is 7.05 Å². The molecule has 9 heteroatoms. The zero-order chi connectivity index (χ0) is 26.4. The molecule has 3 aromatic rings. The van der Waals surface area contributed by atoms with Gasteiger partial charge in [-0.25, -0.2) is 9.78 Å². The number of carboxylic acid groups (broad SMARTS) is 1. The molecule has 0 bridgehead atoms. The highest BCUT2D eigenvalue weighted by Gasteiger charge is 2.08. The molecule has 35 heavy (non-hydrogen) atoms. The third-order valence-electron chi connectivity index (χ3n) is 4.84. The number of rotatable bonds is 6. The van der Waals surface area contributed by atoms with Crippen LogP contribution >= 0.6 is 35.4 Å². The number of benzene rings is 2. The van der Waals surface area contributed by atoms with Crippen LogP contribution in [0.4, 0.5) is 5.82 Å². The van der Waals surface area contributed by atoms with Gasteiger partial charge in [0, 0.05) is 18.3 Å². The van der Waals surface area contributed by atoms with Gasteiger partial charge in [0.15, 0.2) is 10.9 Å². The lowest BCUT2D eigenvalue weighted by Crippen LogP contribution is -2.36. The number of aromatic nitrogens is 1. The van der Waals surface area contributed by atoms with Crippen LogP contribution in [0.2, 0.25) is 10.0 Å². The van der Waals surface area contributed by atoms with Crippen LogP contribution in [-0.4, -0.2) is 28.2 Å². The fourth-order valence-electron chi connectivity index (χ4n) is 2.93. The average molecular weight is 536 g/mol. The Kier molecular flexibility index (Phi) is 13.7. The largest absolute Gasteiger partial charge is 0.478 e. The van der Waals surface area contributed by atoms with Gasteiger partial charge in [0.25, 0.3) is 0 Å². The Balaban J connectivity index is 0.000000328. The second kappa shape index (κ2) is 15.9. The highest BCUT2D eigenvalue weighted by molar-refractivity contribution is 7.80. The molecular weight excluding hydrogens is 503 g/mol. The van der Waals surface area contributed by atoms with E-state index in [2.05, 4.69) is 65.3 Å². The fraction of sp³-hybridized carbons (Fsp3) is 0.269. The molecule has 0 aliphatic carbocycles. The van der Waals surface area contributed by atoms with E-state index < -0.39 is 5.97 Å². The summed E-state index contributed by atoms with van der Waals surface area (Å²) < 4.78 is 0. The quantitative estimate of drug-likeness (QED) is 0.208. The first kappa shape index (κ1) is 30.2. The molecule has 0 fully saturated rings. The van der Waals surface area contributed by atoms with Crippen LogP contribution in [0.5, 0.6) is 0 Å². The van der Waals surface area contributed by atoms with Crippen molar-refractivity contribution in [2.24, 2.45) is 0 Å². The van der Waals surface area contributed by atoms with Crippen molar-refractivity contribution in [2.45, 2.75) is 40.5 Å². The molecule has 0 spiro atoms. The summed E-state index contributed by atoms with van der Waals surface area (Å²) in [5.74, 6) is -0.788. The van der Waals surface area contributed by atoms with Crippen LogP contribution in [0.25, 0.3) is 0 Å². The Morgan fingerprint density at radius 2 is 1.63 bits per heavy atom. The summed E-state index contributed by atoms with van der Waals surface area (Å²) in [4.78, 5) is 14.4. The summed E-state index contributed by atoms with van der Waals surface area (Å²) in [7, 11) is 1.65. The van der Waals surface area contributed by atoms with Crippen LogP contribution in [0.1, 0.15) is 46.5 Å². The van der Waals surface area contributed by atoms with Gasteiger partial charge in [0.1, 0.15) is 0 Å². The molecule has 3 rings (SSSR count). The van der Waals surface area contributed by atoms with Crippen molar-refractivity contribution >= 4 is 52.3 Å². The maximum Gasteiger partial charge on any atom is 0.337 e. The van der Waals surface area contributed by atoms with E-state index in [-0.39, 0.29) is 10.6 Å². The highest BCUT2D eigenvalue weighted by atomic mass is 35.5. The fourth-order valence-corrected chi connectivity index (χ4v) is 3.42. The minimum absolute atomic E-state index is 0.0201. The number of pyridine rings is 1. The lowest BCUT2D eigenvalue weighted by atomic mass is 9.98. The molecule has 0 amide bonds. The molecule has 0 saturated heterocycles. The summed E-state index contributed by atoms with van der Waals surface area (Å²) in [6.07, 6.45) is 3.36. The number of hydrogen-bond acceptors (Lipinski definition) is 4. The van der Waals surface area contributed by atoms with Gasteiger partial charge in [-0.05, 0) is 79.4 Å². The number of aromatic carboxylic acids is 1. The predicted molar refractivity (Wildman–Crippen MR) is 151 cm³/mol. The summed E-state index contributed by atoms with van der Waals surface area (Å²) in [6.45, 7) is 8.29. The first-order valence-electron chi connectivity index (χ1n) is 11.1. The standard InChI is InChI=1S/C16H17Cl.C8H9ClN4O2S.C2H6/c1-12-5-3-4-6-14(12)7-8-15-9-10-16(17)11-13(15)2;1-10-8(16)13-12-6-5(9)2-4(3-11-6)7(14)15;1-2/h3-6,9-11H,7-8H2,1-2H3;2-3H,1H3,(H,11,12)(H,14,15)(H2,10,13,16);1-2H3. The van der Waals surface area contributed by atoms with Crippen LogP contribution in [-0.2, 0) is 12.8 Å². The first-order chi connectivity index (χ1) is 16.7. The number of carbonyl (C=O) groups is 1. The van der Waals surface area contributed by atoms with Gasteiger partial charge in [0.05, 0.1) is 10.6 Å². The number of hydrogen-bond donors (Lipinski definition) is 4. The Morgan fingerprint density at radius 1 is 1.00 bits per heavy atom. The molecule has 188 valence electrons. The molecule has 2 aromatic carbocycles. The normalized spacial score (nSPS) is 9.57. The summed E-state index contributed by atoms with van der Waals surface area (Å²) in [5, 5.41) is 12.7. The number of anilines is 1. The van der Waals surface area contributed by atoms with Crippen LogP contribution < -0.4 is 16.2 Å². The number of aryl methyl sites for hydroxylation is 4. The molecule has 4 N–H and O–H groups in total. The average Bonchev–Trinajstić information content (AvgIpc) is 2.85. The van der Waals surface area contributed by atoms with Crippen molar-refractivity contribution in [3.63, 3.8) is 0 Å².